The summed E-state index contributed by atoms with van der Waals surface area (Å²) in [6.07, 6.45) is -0.677. The Kier molecular flexibility index (Phi) is 6.37. The number of rotatable bonds is 7. The molecular weight excluding hydrogens is 270 g/mol. The molecule has 1 rings (SSSR count). The number of carboxylic acids is 1. The lowest BCUT2D eigenvalue weighted by Crippen LogP contribution is -2.46. The van der Waals surface area contributed by atoms with Gasteiger partial charge in [0, 0.05) is 6.42 Å². The highest BCUT2D eigenvalue weighted by atomic mass is 16.4. The van der Waals surface area contributed by atoms with E-state index in [2.05, 4.69) is 5.32 Å². The summed E-state index contributed by atoms with van der Waals surface area (Å²) in [4.78, 5) is 23.1. The van der Waals surface area contributed by atoms with Crippen molar-refractivity contribution >= 4 is 11.9 Å². The number of hydrogen-bond acceptors (Lipinski definition) is 3. The van der Waals surface area contributed by atoms with Crippen molar-refractivity contribution in [1.29, 1.82) is 0 Å². The number of aliphatic hydroxyl groups excluding tert-OH is 1. The predicted octanol–water partition coefficient (Wildman–Crippen LogP) is 1.51. The maximum Gasteiger partial charge on any atom is 0.326 e. The van der Waals surface area contributed by atoms with Crippen LogP contribution in [0.15, 0.2) is 24.3 Å². The van der Waals surface area contributed by atoms with Gasteiger partial charge < -0.3 is 15.5 Å². The highest BCUT2D eigenvalue weighted by Gasteiger charge is 2.24. The van der Waals surface area contributed by atoms with Gasteiger partial charge in [-0.2, -0.15) is 0 Å². The molecule has 0 aromatic heterocycles. The first kappa shape index (κ1) is 17.2. The number of carboxylic acid groups (broad SMARTS) is 1. The molecule has 0 radical (unpaired) electrons. The first-order chi connectivity index (χ1) is 9.79. The highest BCUT2D eigenvalue weighted by molar-refractivity contribution is 5.86. The van der Waals surface area contributed by atoms with Gasteiger partial charge in [0.25, 0.3) is 0 Å². The second-order valence-electron chi connectivity index (χ2n) is 5.74. The van der Waals surface area contributed by atoms with Gasteiger partial charge in [0.2, 0.25) is 5.91 Å². The van der Waals surface area contributed by atoms with Crippen molar-refractivity contribution in [1.82, 2.24) is 5.32 Å². The average molecular weight is 293 g/mol. The third-order valence-electron chi connectivity index (χ3n) is 3.13. The number of nitrogens with one attached hydrogen (secondary N) is 1. The maximum atomic E-state index is 11.8. The van der Waals surface area contributed by atoms with Crippen LogP contribution < -0.4 is 5.32 Å². The zero-order chi connectivity index (χ0) is 16.0. The lowest BCUT2D eigenvalue weighted by Gasteiger charge is -2.18. The van der Waals surface area contributed by atoms with Crippen molar-refractivity contribution in [2.24, 2.45) is 5.92 Å². The molecule has 0 fully saturated rings. The van der Waals surface area contributed by atoms with Crippen LogP contribution in [0.3, 0.4) is 0 Å². The fourth-order valence-corrected chi connectivity index (χ4v) is 2.10. The van der Waals surface area contributed by atoms with Crippen LogP contribution >= 0.6 is 0 Å². The molecule has 1 aromatic carbocycles. The van der Waals surface area contributed by atoms with E-state index in [1.165, 1.54) is 0 Å². The Morgan fingerprint density at radius 3 is 2.48 bits per heavy atom. The van der Waals surface area contributed by atoms with E-state index in [0.29, 0.717) is 6.42 Å². The minimum absolute atomic E-state index is 0.158. The van der Waals surface area contributed by atoms with Gasteiger partial charge in [-0.3, -0.25) is 4.79 Å². The molecule has 0 spiro atoms. The van der Waals surface area contributed by atoms with Crippen LogP contribution in [-0.2, 0) is 16.0 Å². The molecule has 0 saturated carbocycles. The largest absolute Gasteiger partial charge is 0.480 e. The molecule has 0 saturated heterocycles. The van der Waals surface area contributed by atoms with Crippen LogP contribution in [0.2, 0.25) is 0 Å². The molecule has 1 aromatic rings. The Hall–Kier alpha value is -1.88. The van der Waals surface area contributed by atoms with Gasteiger partial charge in [-0.05, 0) is 24.8 Å². The van der Waals surface area contributed by atoms with Crippen LogP contribution in [0.25, 0.3) is 0 Å². The van der Waals surface area contributed by atoms with Crippen LogP contribution in [0, 0.1) is 12.8 Å². The number of hydrogen-bond donors (Lipinski definition) is 3. The summed E-state index contributed by atoms with van der Waals surface area (Å²) in [5.41, 5.74) is 1.86. The zero-order valence-corrected chi connectivity index (χ0v) is 12.7. The molecule has 5 heteroatoms. The van der Waals surface area contributed by atoms with Crippen molar-refractivity contribution < 1.29 is 19.8 Å². The van der Waals surface area contributed by atoms with Crippen LogP contribution in [0.5, 0.6) is 0 Å². The molecule has 0 bridgehead atoms. The Morgan fingerprint density at radius 2 is 1.95 bits per heavy atom. The molecule has 0 aliphatic rings. The minimum Gasteiger partial charge on any atom is -0.480 e. The van der Waals surface area contributed by atoms with Gasteiger partial charge in [0.15, 0.2) is 0 Å². The van der Waals surface area contributed by atoms with E-state index in [0.717, 1.165) is 11.1 Å². The van der Waals surface area contributed by atoms with Crippen LogP contribution in [-0.4, -0.2) is 34.2 Å². The van der Waals surface area contributed by atoms with Crippen molar-refractivity contribution in [2.45, 2.75) is 45.8 Å². The fraction of sp³-hybridized carbons (Fsp3) is 0.500. The summed E-state index contributed by atoms with van der Waals surface area (Å²) in [5, 5.41) is 21.3. The second kappa shape index (κ2) is 7.78. The first-order valence-electron chi connectivity index (χ1n) is 7.06. The molecule has 5 nitrogen and oxygen atoms in total. The first-order valence-corrected chi connectivity index (χ1v) is 7.06. The predicted molar refractivity (Wildman–Crippen MR) is 79.9 cm³/mol. The van der Waals surface area contributed by atoms with Crippen LogP contribution in [0.1, 0.15) is 31.4 Å². The maximum absolute atomic E-state index is 11.8. The molecule has 1 amide bonds. The average Bonchev–Trinajstić information content (AvgIpc) is 2.36. The van der Waals surface area contributed by atoms with Gasteiger partial charge >= 0.3 is 5.97 Å². The highest BCUT2D eigenvalue weighted by Crippen LogP contribution is 2.09. The Labute approximate surface area is 125 Å². The van der Waals surface area contributed by atoms with Crippen molar-refractivity contribution in [3.63, 3.8) is 0 Å². The topological polar surface area (TPSA) is 86.6 Å². The smallest absolute Gasteiger partial charge is 0.326 e. The number of aliphatic carboxylic acids is 1. The molecule has 2 atom stereocenters. The van der Waals surface area contributed by atoms with Gasteiger partial charge in [0.05, 0.1) is 0 Å². The van der Waals surface area contributed by atoms with Gasteiger partial charge in [-0.25, -0.2) is 4.79 Å². The molecular formula is C16H23NO4. The number of amides is 1. The molecule has 0 aliphatic carbocycles. The summed E-state index contributed by atoms with van der Waals surface area (Å²) in [7, 11) is 0. The van der Waals surface area contributed by atoms with Gasteiger partial charge in [-0.15, -0.1) is 0 Å². The van der Waals surface area contributed by atoms with E-state index in [4.69, 9.17) is 0 Å². The SMILES string of the molecule is Cc1cccc(C[C@@H](NC(=O)[C@H](O)CC(C)C)C(=O)O)c1. The van der Waals surface area contributed by atoms with E-state index < -0.39 is 24.0 Å². The van der Waals surface area contributed by atoms with Crippen LogP contribution in [0.4, 0.5) is 0 Å². The van der Waals surface area contributed by atoms with E-state index in [-0.39, 0.29) is 12.3 Å². The number of carbonyl (C=O) groups excluding carboxylic acids is 1. The lowest BCUT2D eigenvalue weighted by atomic mass is 10.0. The standard InChI is InChI=1S/C16H23NO4/c1-10(2)7-14(18)15(19)17-13(16(20)21)9-12-6-4-5-11(3)8-12/h4-6,8,10,13-14,18H,7,9H2,1-3H3,(H,17,19)(H,20,21)/t13-,14-/m1/s1. The molecule has 0 heterocycles. The Balaban J connectivity index is 2.70. The number of carbonyl (C=O) groups is 2. The summed E-state index contributed by atoms with van der Waals surface area (Å²) in [6.45, 7) is 5.69. The zero-order valence-electron chi connectivity index (χ0n) is 12.7. The summed E-state index contributed by atoms with van der Waals surface area (Å²) < 4.78 is 0. The van der Waals surface area contributed by atoms with E-state index in [1.54, 1.807) is 0 Å². The fourth-order valence-electron chi connectivity index (χ4n) is 2.10. The Bertz CT molecular complexity index is 499. The molecule has 116 valence electrons. The summed E-state index contributed by atoms with van der Waals surface area (Å²) in [5.74, 6) is -1.59. The molecule has 0 unspecified atom stereocenters. The molecule has 21 heavy (non-hydrogen) atoms. The van der Waals surface area contributed by atoms with Gasteiger partial charge in [-0.1, -0.05) is 43.7 Å². The Morgan fingerprint density at radius 1 is 1.29 bits per heavy atom. The third-order valence-corrected chi connectivity index (χ3v) is 3.13. The normalized spacial score (nSPS) is 13.8. The van der Waals surface area contributed by atoms with E-state index >= 15 is 0 Å². The molecule has 3 N–H and O–H groups in total. The number of aliphatic hydroxyl groups is 1. The monoisotopic (exact) mass is 293 g/mol. The molecule has 0 aliphatic heterocycles. The second-order valence-corrected chi connectivity index (χ2v) is 5.74. The van der Waals surface area contributed by atoms with Crippen molar-refractivity contribution in [2.75, 3.05) is 0 Å². The minimum atomic E-state index is -1.18. The van der Waals surface area contributed by atoms with Gasteiger partial charge in [0.1, 0.15) is 12.1 Å². The quantitative estimate of drug-likeness (QED) is 0.711. The third kappa shape index (κ3) is 5.95. The summed E-state index contributed by atoms with van der Waals surface area (Å²) in [6, 6.07) is 6.43. The summed E-state index contributed by atoms with van der Waals surface area (Å²) >= 11 is 0. The number of aryl methyl sites for hydroxylation is 1. The van der Waals surface area contributed by atoms with Crippen molar-refractivity contribution in [3.05, 3.63) is 35.4 Å². The lowest BCUT2D eigenvalue weighted by molar-refractivity contribution is -0.143. The van der Waals surface area contributed by atoms with E-state index in [1.807, 2.05) is 45.0 Å². The van der Waals surface area contributed by atoms with E-state index in [9.17, 15) is 19.8 Å². The number of benzene rings is 1. The van der Waals surface area contributed by atoms with Crippen molar-refractivity contribution in [3.8, 4) is 0 Å².